The Bertz CT molecular complexity index is 800. The van der Waals surface area contributed by atoms with Crippen molar-refractivity contribution in [2.45, 2.75) is 12.5 Å². The normalized spacial score (nSPS) is 12.8. The highest BCUT2D eigenvalue weighted by atomic mass is 35.5. The number of hydrogen-bond donors (Lipinski definition) is 1. The SMILES string of the molecule is NC(Cc1cccc(Cl)c1F)c1cc2ccc(F)cc2s1. The van der Waals surface area contributed by atoms with Gasteiger partial charge in [0.2, 0.25) is 0 Å². The van der Waals surface area contributed by atoms with Gasteiger partial charge >= 0.3 is 0 Å². The summed E-state index contributed by atoms with van der Waals surface area (Å²) in [5, 5.41) is 1.04. The number of benzene rings is 2. The smallest absolute Gasteiger partial charge is 0.145 e. The van der Waals surface area contributed by atoms with E-state index < -0.39 is 5.82 Å². The summed E-state index contributed by atoms with van der Waals surface area (Å²) in [5.41, 5.74) is 6.64. The third kappa shape index (κ3) is 2.93. The summed E-state index contributed by atoms with van der Waals surface area (Å²) in [5.74, 6) is -0.702. The summed E-state index contributed by atoms with van der Waals surface area (Å²) >= 11 is 7.20. The third-order valence-electron chi connectivity index (χ3n) is 3.34. The van der Waals surface area contributed by atoms with Gasteiger partial charge in [0, 0.05) is 15.6 Å². The molecular weight excluding hydrogens is 312 g/mol. The Labute approximate surface area is 130 Å². The minimum absolute atomic E-state index is 0.0955. The van der Waals surface area contributed by atoms with Gasteiger partial charge in [0.25, 0.3) is 0 Å². The largest absolute Gasteiger partial charge is 0.323 e. The lowest BCUT2D eigenvalue weighted by Crippen LogP contribution is -2.12. The van der Waals surface area contributed by atoms with Crippen molar-refractivity contribution in [2.24, 2.45) is 5.73 Å². The zero-order chi connectivity index (χ0) is 15.0. The first-order chi connectivity index (χ1) is 10.0. The van der Waals surface area contributed by atoms with Gasteiger partial charge in [0.15, 0.2) is 0 Å². The second kappa shape index (κ2) is 5.72. The third-order valence-corrected chi connectivity index (χ3v) is 4.86. The molecule has 0 fully saturated rings. The number of hydrogen-bond acceptors (Lipinski definition) is 2. The van der Waals surface area contributed by atoms with Crippen LogP contribution >= 0.6 is 22.9 Å². The molecule has 1 aromatic heterocycles. The van der Waals surface area contributed by atoms with E-state index in [0.29, 0.717) is 12.0 Å². The Morgan fingerprint density at radius 3 is 2.76 bits per heavy atom. The summed E-state index contributed by atoms with van der Waals surface area (Å²) in [7, 11) is 0. The molecule has 1 atom stereocenters. The molecule has 21 heavy (non-hydrogen) atoms. The highest BCUT2D eigenvalue weighted by molar-refractivity contribution is 7.19. The van der Waals surface area contributed by atoms with Crippen LogP contribution in [0.1, 0.15) is 16.5 Å². The van der Waals surface area contributed by atoms with E-state index in [1.165, 1.54) is 29.5 Å². The number of halogens is 3. The van der Waals surface area contributed by atoms with Crippen LogP contribution in [-0.2, 0) is 6.42 Å². The van der Waals surface area contributed by atoms with Crippen LogP contribution in [0.4, 0.5) is 8.78 Å². The molecule has 0 saturated heterocycles. The highest BCUT2D eigenvalue weighted by Crippen LogP contribution is 2.31. The monoisotopic (exact) mass is 323 g/mol. The highest BCUT2D eigenvalue weighted by Gasteiger charge is 2.15. The Balaban J connectivity index is 1.89. The molecule has 1 nitrogen and oxygen atoms in total. The van der Waals surface area contributed by atoms with Gasteiger partial charge in [-0.05, 0) is 41.6 Å². The minimum Gasteiger partial charge on any atom is -0.323 e. The molecule has 3 rings (SSSR count). The average Bonchev–Trinajstić information content (AvgIpc) is 2.87. The fourth-order valence-electron chi connectivity index (χ4n) is 2.25. The Hall–Kier alpha value is -1.49. The van der Waals surface area contributed by atoms with Gasteiger partial charge in [-0.25, -0.2) is 8.78 Å². The first-order valence-electron chi connectivity index (χ1n) is 6.42. The summed E-state index contributed by atoms with van der Waals surface area (Å²) in [6, 6.07) is 11.1. The van der Waals surface area contributed by atoms with Crippen molar-refractivity contribution in [2.75, 3.05) is 0 Å². The first-order valence-corrected chi connectivity index (χ1v) is 7.61. The average molecular weight is 324 g/mol. The lowest BCUT2D eigenvalue weighted by Gasteiger charge is -2.10. The van der Waals surface area contributed by atoms with Crippen molar-refractivity contribution >= 4 is 33.0 Å². The van der Waals surface area contributed by atoms with Crippen LogP contribution in [0.2, 0.25) is 5.02 Å². The molecule has 0 aliphatic rings. The van der Waals surface area contributed by atoms with Gasteiger partial charge in [-0.1, -0.05) is 29.8 Å². The van der Waals surface area contributed by atoms with Crippen molar-refractivity contribution in [3.63, 3.8) is 0 Å². The molecule has 108 valence electrons. The van der Waals surface area contributed by atoms with E-state index >= 15 is 0 Å². The Morgan fingerprint density at radius 1 is 1.14 bits per heavy atom. The molecule has 0 spiro atoms. The summed E-state index contributed by atoms with van der Waals surface area (Å²) in [6.07, 6.45) is 0.349. The van der Waals surface area contributed by atoms with Crippen LogP contribution in [-0.4, -0.2) is 0 Å². The quantitative estimate of drug-likeness (QED) is 0.715. The van der Waals surface area contributed by atoms with Crippen LogP contribution in [0.5, 0.6) is 0 Å². The molecule has 0 saturated carbocycles. The second-order valence-electron chi connectivity index (χ2n) is 4.85. The summed E-state index contributed by atoms with van der Waals surface area (Å²) in [4.78, 5) is 0.898. The number of rotatable bonds is 3. The van der Waals surface area contributed by atoms with E-state index in [-0.39, 0.29) is 16.9 Å². The predicted octanol–water partition coefficient (Wildman–Crippen LogP) is 5.08. The molecule has 2 N–H and O–H groups in total. The molecule has 2 aromatic carbocycles. The predicted molar refractivity (Wildman–Crippen MR) is 83.8 cm³/mol. The molecule has 5 heteroatoms. The Kier molecular flexibility index (Phi) is 3.93. The van der Waals surface area contributed by atoms with E-state index in [4.69, 9.17) is 17.3 Å². The lowest BCUT2D eigenvalue weighted by molar-refractivity contribution is 0.595. The zero-order valence-corrected chi connectivity index (χ0v) is 12.5. The van der Waals surface area contributed by atoms with Crippen molar-refractivity contribution in [3.8, 4) is 0 Å². The fraction of sp³-hybridized carbons (Fsp3) is 0.125. The van der Waals surface area contributed by atoms with Crippen LogP contribution in [0.3, 0.4) is 0 Å². The molecule has 1 unspecified atom stereocenters. The van der Waals surface area contributed by atoms with Gasteiger partial charge in [0.1, 0.15) is 11.6 Å². The van der Waals surface area contributed by atoms with E-state index in [1.54, 1.807) is 18.2 Å². The van der Waals surface area contributed by atoms with E-state index in [1.807, 2.05) is 6.07 Å². The zero-order valence-electron chi connectivity index (χ0n) is 10.9. The number of thiophene rings is 1. The first kappa shape index (κ1) is 14.4. The van der Waals surface area contributed by atoms with E-state index in [9.17, 15) is 8.78 Å². The van der Waals surface area contributed by atoms with Crippen molar-refractivity contribution < 1.29 is 8.78 Å². The second-order valence-corrected chi connectivity index (χ2v) is 6.38. The summed E-state index contributed by atoms with van der Waals surface area (Å²) < 4.78 is 27.9. The maximum atomic E-state index is 13.9. The molecule has 0 aliphatic heterocycles. The topological polar surface area (TPSA) is 26.0 Å². The van der Waals surface area contributed by atoms with Crippen LogP contribution in [0.15, 0.2) is 42.5 Å². The molecule has 0 amide bonds. The summed E-state index contributed by atoms with van der Waals surface area (Å²) in [6.45, 7) is 0. The van der Waals surface area contributed by atoms with Crippen molar-refractivity contribution in [3.05, 3.63) is 69.6 Å². The fourth-order valence-corrected chi connectivity index (χ4v) is 3.54. The molecule has 0 aliphatic carbocycles. The maximum absolute atomic E-state index is 13.9. The molecule has 1 heterocycles. The van der Waals surface area contributed by atoms with Gasteiger partial charge in [-0.2, -0.15) is 0 Å². The lowest BCUT2D eigenvalue weighted by atomic mass is 10.0. The van der Waals surface area contributed by atoms with Crippen molar-refractivity contribution in [1.82, 2.24) is 0 Å². The van der Waals surface area contributed by atoms with Crippen LogP contribution in [0.25, 0.3) is 10.1 Å². The maximum Gasteiger partial charge on any atom is 0.145 e. The minimum atomic E-state index is -0.429. The Morgan fingerprint density at radius 2 is 1.95 bits per heavy atom. The van der Waals surface area contributed by atoms with Gasteiger partial charge < -0.3 is 5.73 Å². The number of nitrogens with two attached hydrogens (primary N) is 1. The molecule has 0 radical (unpaired) electrons. The van der Waals surface area contributed by atoms with Gasteiger partial charge in [-0.15, -0.1) is 11.3 Å². The molecule has 0 bridgehead atoms. The van der Waals surface area contributed by atoms with E-state index in [0.717, 1.165) is 15.0 Å². The van der Waals surface area contributed by atoms with Crippen molar-refractivity contribution in [1.29, 1.82) is 0 Å². The van der Waals surface area contributed by atoms with E-state index in [2.05, 4.69) is 0 Å². The van der Waals surface area contributed by atoms with Crippen LogP contribution in [0, 0.1) is 11.6 Å². The molecular formula is C16H12ClF2NS. The van der Waals surface area contributed by atoms with Crippen LogP contribution < -0.4 is 5.73 Å². The standard InChI is InChI=1S/C16H12ClF2NS/c17-12-3-1-2-10(16(12)19)6-13(20)15-7-9-4-5-11(18)8-14(9)21-15/h1-5,7-8,13H,6,20H2. The number of fused-ring (bicyclic) bond motifs is 1. The van der Waals surface area contributed by atoms with Gasteiger partial charge in [-0.3, -0.25) is 0 Å². The van der Waals surface area contributed by atoms with Gasteiger partial charge in [0.05, 0.1) is 5.02 Å². The molecule has 3 aromatic rings.